The Kier molecular flexibility index (Phi) is 3.83. The zero-order valence-electron chi connectivity index (χ0n) is 8.99. The van der Waals surface area contributed by atoms with Crippen LogP contribution in [-0.2, 0) is 4.79 Å². The lowest BCUT2D eigenvalue weighted by Crippen LogP contribution is -2.11. The van der Waals surface area contributed by atoms with E-state index in [1.54, 1.807) is 19.1 Å². The minimum absolute atomic E-state index is 0.191. The topological polar surface area (TPSA) is 66.4 Å². The van der Waals surface area contributed by atoms with E-state index in [1.807, 2.05) is 0 Å². The van der Waals surface area contributed by atoms with E-state index in [9.17, 15) is 9.59 Å². The predicted octanol–water partition coefficient (Wildman–Crippen LogP) is 2.21. The highest BCUT2D eigenvalue weighted by molar-refractivity contribution is 5.95. The van der Waals surface area contributed by atoms with Crippen LogP contribution in [-0.4, -0.2) is 17.0 Å². The van der Waals surface area contributed by atoms with Gasteiger partial charge in [-0.1, -0.05) is 12.1 Å². The summed E-state index contributed by atoms with van der Waals surface area (Å²) in [4.78, 5) is 22.1. The van der Waals surface area contributed by atoms with E-state index in [4.69, 9.17) is 5.11 Å². The Labute approximate surface area is 93.6 Å². The molecule has 4 heteroatoms. The summed E-state index contributed by atoms with van der Waals surface area (Å²) < 4.78 is 0. The quantitative estimate of drug-likeness (QED) is 0.763. The van der Waals surface area contributed by atoms with Crippen LogP contribution in [0, 0.1) is 6.92 Å². The Hall–Kier alpha value is -2.10. The lowest BCUT2D eigenvalue weighted by Gasteiger charge is -2.06. The molecule has 0 heterocycles. The molecule has 4 nitrogen and oxygen atoms in total. The van der Waals surface area contributed by atoms with Crippen molar-refractivity contribution in [2.24, 2.45) is 0 Å². The molecule has 1 rings (SSSR count). The molecule has 1 amide bonds. The molecule has 0 radical (unpaired) electrons. The molecule has 0 aliphatic heterocycles. The lowest BCUT2D eigenvalue weighted by molar-refractivity contribution is -0.115. The van der Waals surface area contributed by atoms with Crippen molar-refractivity contribution in [1.82, 2.24) is 0 Å². The summed E-state index contributed by atoms with van der Waals surface area (Å²) in [7, 11) is 0. The molecule has 84 valence electrons. The van der Waals surface area contributed by atoms with E-state index in [0.29, 0.717) is 11.3 Å². The third-order valence-electron chi connectivity index (χ3n) is 2.08. The normalized spacial score (nSPS) is 9.56. The molecule has 16 heavy (non-hydrogen) atoms. The summed E-state index contributed by atoms with van der Waals surface area (Å²) >= 11 is 0. The van der Waals surface area contributed by atoms with Crippen LogP contribution < -0.4 is 5.32 Å². The first-order valence-electron chi connectivity index (χ1n) is 4.79. The molecule has 0 atom stereocenters. The fraction of sp³-hybridized carbons (Fsp3) is 0.167. The van der Waals surface area contributed by atoms with Crippen molar-refractivity contribution in [3.05, 3.63) is 42.0 Å². The maximum atomic E-state index is 11.2. The Morgan fingerprint density at radius 1 is 1.50 bits per heavy atom. The van der Waals surface area contributed by atoms with Gasteiger partial charge in [0.1, 0.15) is 0 Å². The van der Waals surface area contributed by atoms with Crippen LogP contribution in [0.5, 0.6) is 0 Å². The molecule has 0 aliphatic carbocycles. The highest BCUT2D eigenvalue weighted by atomic mass is 16.4. The zero-order chi connectivity index (χ0) is 12.1. The molecular formula is C12H13NO3. The van der Waals surface area contributed by atoms with Crippen LogP contribution in [0.25, 0.3) is 0 Å². The van der Waals surface area contributed by atoms with Crippen LogP contribution in [0.1, 0.15) is 22.3 Å². The standard InChI is InChI=1S/C12H13NO3/c1-3-4-11(14)13-9-6-5-8(2)10(7-9)12(15)16/h3,5-7H,1,4H2,2H3,(H,13,14)(H,15,16). The van der Waals surface area contributed by atoms with Gasteiger partial charge in [-0.2, -0.15) is 0 Å². The molecule has 1 aromatic rings. The average molecular weight is 219 g/mol. The Balaban J connectivity index is 2.90. The number of carbonyl (C=O) groups excluding carboxylic acids is 1. The third kappa shape index (κ3) is 2.95. The van der Waals surface area contributed by atoms with Gasteiger partial charge in [0.15, 0.2) is 0 Å². The first-order valence-corrected chi connectivity index (χ1v) is 4.79. The van der Waals surface area contributed by atoms with Crippen LogP contribution in [0.3, 0.4) is 0 Å². The number of hydrogen-bond donors (Lipinski definition) is 2. The number of carboxylic acids is 1. The van der Waals surface area contributed by atoms with Gasteiger partial charge >= 0.3 is 5.97 Å². The monoisotopic (exact) mass is 219 g/mol. The molecule has 1 aromatic carbocycles. The molecule has 0 saturated carbocycles. The second kappa shape index (κ2) is 5.11. The van der Waals surface area contributed by atoms with Crippen molar-refractivity contribution < 1.29 is 14.7 Å². The van der Waals surface area contributed by atoms with Gasteiger partial charge in [-0.15, -0.1) is 6.58 Å². The smallest absolute Gasteiger partial charge is 0.336 e. The summed E-state index contributed by atoms with van der Waals surface area (Å²) in [6.45, 7) is 5.15. The van der Waals surface area contributed by atoms with Gasteiger partial charge in [0.2, 0.25) is 5.91 Å². The van der Waals surface area contributed by atoms with E-state index in [2.05, 4.69) is 11.9 Å². The highest BCUT2D eigenvalue weighted by Crippen LogP contribution is 2.15. The van der Waals surface area contributed by atoms with Gasteiger partial charge in [-0.3, -0.25) is 4.79 Å². The van der Waals surface area contributed by atoms with E-state index >= 15 is 0 Å². The second-order valence-corrected chi connectivity index (χ2v) is 3.38. The predicted molar refractivity (Wildman–Crippen MR) is 61.6 cm³/mol. The van der Waals surface area contributed by atoms with E-state index in [1.165, 1.54) is 12.1 Å². The van der Waals surface area contributed by atoms with Crippen LogP contribution in [0.2, 0.25) is 0 Å². The number of aryl methyl sites for hydroxylation is 1. The molecule has 0 unspecified atom stereocenters. The summed E-state index contributed by atoms with van der Waals surface area (Å²) in [6.07, 6.45) is 1.69. The summed E-state index contributed by atoms with van der Waals surface area (Å²) in [6, 6.07) is 4.77. The van der Waals surface area contributed by atoms with Crippen molar-refractivity contribution in [1.29, 1.82) is 0 Å². The highest BCUT2D eigenvalue weighted by Gasteiger charge is 2.08. The number of aromatic carboxylic acids is 1. The van der Waals surface area contributed by atoms with E-state index < -0.39 is 5.97 Å². The van der Waals surface area contributed by atoms with Gasteiger partial charge in [-0.05, 0) is 24.6 Å². The van der Waals surface area contributed by atoms with Crippen molar-refractivity contribution in [3.8, 4) is 0 Å². The first kappa shape index (κ1) is 12.0. The number of rotatable bonds is 4. The first-order chi connectivity index (χ1) is 7.54. The minimum Gasteiger partial charge on any atom is -0.478 e. The van der Waals surface area contributed by atoms with Gasteiger partial charge in [0.05, 0.1) is 5.56 Å². The van der Waals surface area contributed by atoms with Crippen molar-refractivity contribution in [3.63, 3.8) is 0 Å². The van der Waals surface area contributed by atoms with Gasteiger partial charge in [-0.25, -0.2) is 4.79 Å². The number of anilines is 1. The molecule has 0 aliphatic rings. The molecule has 2 N–H and O–H groups in total. The lowest BCUT2D eigenvalue weighted by atomic mass is 10.1. The fourth-order valence-corrected chi connectivity index (χ4v) is 1.27. The Bertz CT molecular complexity index is 438. The molecule has 0 bridgehead atoms. The summed E-state index contributed by atoms with van der Waals surface area (Å²) in [5, 5.41) is 11.5. The minimum atomic E-state index is -1.00. The maximum Gasteiger partial charge on any atom is 0.336 e. The molecule has 0 saturated heterocycles. The Morgan fingerprint density at radius 2 is 2.19 bits per heavy atom. The van der Waals surface area contributed by atoms with Crippen molar-refractivity contribution in [2.45, 2.75) is 13.3 Å². The molecule has 0 aromatic heterocycles. The van der Waals surface area contributed by atoms with Gasteiger partial charge in [0.25, 0.3) is 0 Å². The number of carbonyl (C=O) groups is 2. The maximum absolute atomic E-state index is 11.2. The van der Waals surface area contributed by atoms with Crippen LogP contribution >= 0.6 is 0 Å². The second-order valence-electron chi connectivity index (χ2n) is 3.38. The van der Waals surface area contributed by atoms with E-state index in [0.717, 1.165) is 0 Å². The summed E-state index contributed by atoms with van der Waals surface area (Å²) in [5.41, 5.74) is 1.33. The fourth-order valence-electron chi connectivity index (χ4n) is 1.27. The molecular weight excluding hydrogens is 206 g/mol. The van der Waals surface area contributed by atoms with E-state index in [-0.39, 0.29) is 17.9 Å². The number of amides is 1. The number of carboxylic acid groups (broad SMARTS) is 1. The molecule has 0 spiro atoms. The van der Waals surface area contributed by atoms with Crippen LogP contribution in [0.15, 0.2) is 30.9 Å². The van der Waals surface area contributed by atoms with Gasteiger partial charge < -0.3 is 10.4 Å². The zero-order valence-corrected chi connectivity index (χ0v) is 8.99. The SMILES string of the molecule is C=CCC(=O)Nc1ccc(C)c(C(=O)O)c1. The largest absolute Gasteiger partial charge is 0.478 e. The average Bonchev–Trinajstić information content (AvgIpc) is 2.21. The third-order valence-corrected chi connectivity index (χ3v) is 2.08. The number of nitrogens with one attached hydrogen (secondary N) is 1. The van der Waals surface area contributed by atoms with Crippen LogP contribution in [0.4, 0.5) is 5.69 Å². The Morgan fingerprint density at radius 3 is 2.75 bits per heavy atom. The van der Waals surface area contributed by atoms with Crippen molar-refractivity contribution in [2.75, 3.05) is 5.32 Å². The summed E-state index contributed by atoms with van der Waals surface area (Å²) in [5.74, 6) is -1.22. The van der Waals surface area contributed by atoms with Gasteiger partial charge in [0, 0.05) is 12.1 Å². The van der Waals surface area contributed by atoms with Crippen molar-refractivity contribution >= 4 is 17.6 Å². The number of hydrogen-bond acceptors (Lipinski definition) is 2. The number of benzene rings is 1. The molecule has 0 fully saturated rings.